The van der Waals surface area contributed by atoms with Crippen molar-refractivity contribution in [2.75, 3.05) is 7.11 Å². The summed E-state index contributed by atoms with van der Waals surface area (Å²) in [6.07, 6.45) is 2.16. The lowest BCUT2D eigenvalue weighted by atomic mass is 10.0. The van der Waals surface area contributed by atoms with Crippen LogP contribution in [-0.4, -0.2) is 22.9 Å². The number of ether oxygens (including phenoxy) is 1. The number of hydrogen-bond acceptors (Lipinski definition) is 3. The molecule has 15 heavy (non-hydrogen) atoms. The number of methoxy groups -OCH3 is 1. The van der Waals surface area contributed by atoms with Crippen LogP contribution in [0.5, 0.6) is 11.5 Å². The van der Waals surface area contributed by atoms with Crippen LogP contribution in [-0.2, 0) is 6.42 Å². The molecule has 3 nitrogen and oxygen atoms in total. The first kappa shape index (κ1) is 10.3. The number of phenols is 1. The van der Waals surface area contributed by atoms with Crippen LogP contribution in [0.15, 0.2) is 12.1 Å². The molecule has 1 saturated carbocycles. The zero-order valence-corrected chi connectivity index (χ0v) is 9.08. The van der Waals surface area contributed by atoms with Gasteiger partial charge in [0.25, 0.3) is 0 Å². The Morgan fingerprint density at radius 2 is 2.07 bits per heavy atom. The number of benzene rings is 1. The van der Waals surface area contributed by atoms with E-state index >= 15 is 0 Å². The number of rotatable bonds is 3. The Morgan fingerprint density at radius 1 is 1.40 bits per heavy atom. The average molecular weight is 208 g/mol. The standard InChI is InChI=1S/C12H16O3/c1-8-5-10(15-2)6-9(11(8)13)7-12(14)3-4-12/h5-6,13-14H,3-4,7H2,1-2H3. The summed E-state index contributed by atoms with van der Waals surface area (Å²) in [6, 6.07) is 3.58. The Hall–Kier alpha value is -1.22. The monoisotopic (exact) mass is 208 g/mol. The average Bonchev–Trinajstić information content (AvgIpc) is 2.91. The summed E-state index contributed by atoms with van der Waals surface area (Å²) in [7, 11) is 1.60. The minimum Gasteiger partial charge on any atom is -0.507 e. The van der Waals surface area contributed by atoms with Gasteiger partial charge in [0.15, 0.2) is 0 Å². The van der Waals surface area contributed by atoms with E-state index in [-0.39, 0.29) is 5.75 Å². The maximum absolute atomic E-state index is 9.84. The van der Waals surface area contributed by atoms with Gasteiger partial charge >= 0.3 is 0 Å². The third-order valence-corrected chi connectivity index (χ3v) is 2.94. The molecule has 0 unspecified atom stereocenters. The molecule has 0 amide bonds. The number of hydrogen-bond donors (Lipinski definition) is 2. The third kappa shape index (κ3) is 2.07. The highest BCUT2D eigenvalue weighted by atomic mass is 16.5. The van der Waals surface area contributed by atoms with Crippen molar-refractivity contribution in [2.24, 2.45) is 0 Å². The third-order valence-electron chi connectivity index (χ3n) is 2.94. The van der Waals surface area contributed by atoms with Gasteiger partial charge in [-0.3, -0.25) is 0 Å². The van der Waals surface area contributed by atoms with Crippen molar-refractivity contribution >= 4 is 0 Å². The Balaban J connectivity index is 2.31. The Bertz CT molecular complexity index is 381. The first-order chi connectivity index (χ1) is 7.04. The number of aromatic hydroxyl groups is 1. The van der Waals surface area contributed by atoms with Crippen molar-refractivity contribution < 1.29 is 14.9 Å². The molecule has 0 atom stereocenters. The van der Waals surface area contributed by atoms with Crippen molar-refractivity contribution in [1.82, 2.24) is 0 Å². The highest BCUT2D eigenvalue weighted by molar-refractivity contribution is 5.46. The minimum absolute atomic E-state index is 0.274. The lowest BCUT2D eigenvalue weighted by molar-refractivity contribution is 0.150. The molecule has 1 aliphatic carbocycles. The Kier molecular flexibility index (Phi) is 2.35. The highest BCUT2D eigenvalue weighted by Gasteiger charge is 2.40. The second-order valence-corrected chi connectivity index (χ2v) is 4.35. The van der Waals surface area contributed by atoms with Gasteiger partial charge in [-0.25, -0.2) is 0 Å². The summed E-state index contributed by atoms with van der Waals surface area (Å²) < 4.78 is 5.13. The molecule has 3 heteroatoms. The van der Waals surface area contributed by atoms with E-state index in [0.717, 1.165) is 29.7 Å². The minimum atomic E-state index is -0.587. The van der Waals surface area contributed by atoms with Crippen LogP contribution in [0.2, 0.25) is 0 Å². The van der Waals surface area contributed by atoms with Gasteiger partial charge in [-0.15, -0.1) is 0 Å². The van der Waals surface area contributed by atoms with Crippen molar-refractivity contribution in [3.05, 3.63) is 23.3 Å². The van der Waals surface area contributed by atoms with E-state index in [9.17, 15) is 10.2 Å². The van der Waals surface area contributed by atoms with Gasteiger partial charge in [-0.1, -0.05) is 0 Å². The first-order valence-corrected chi connectivity index (χ1v) is 5.13. The van der Waals surface area contributed by atoms with E-state index in [1.165, 1.54) is 0 Å². The summed E-state index contributed by atoms with van der Waals surface area (Å²) >= 11 is 0. The number of phenolic OH excluding ortho intramolecular Hbond substituents is 1. The van der Waals surface area contributed by atoms with Crippen molar-refractivity contribution in [1.29, 1.82) is 0 Å². The van der Waals surface area contributed by atoms with Crippen LogP contribution in [0.1, 0.15) is 24.0 Å². The van der Waals surface area contributed by atoms with Crippen LogP contribution in [0.25, 0.3) is 0 Å². The highest BCUT2D eigenvalue weighted by Crippen LogP contribution is 2.41. The summed E-state index contributed by atoms with van der Waals surface area (Å²) in [5, 5.41) is 19.7. The lowest BCUT2D eigenvalue weighted by Crippen LogP contribution is -2.11. The molecular formula is C12H16O3. The molecular weight excluding hydrogens is 192 g/mol. The van der Waals surface area contributed by atoms with Gasteiger partial charge in [-0.2, -0.15) is 0 Å². The van der Waals surface area contributed by atoms with E-state index in [2.05, 4.69) is 0 Å². The fourth-order valence-corrected chi connectivity index (χ4v) is 1.74. The van der Waals surface area contributed by atoms with Gasteiger partial charge in [0.1, 0.15) is 11.5 Å². The predicted octanol–water partition coefficient (Wildman–Crippen LogP) is 1.78. The summed E-state index contributed by atoms with van der Waals surface area (Å²) in [5.74, 6) is 1.00. The van der Waals surface area contributed by atoms with Crippen molar-refractivity contribution in [2.45, 2.75) is 31.8 Å². The number of aryl methyl sites for hydroxylation is 1. The van der Waals surface area contributed by atoms with Crippen LogP contribution in [0, 0.1) is 6.92 Å². The van der Waals surface area contributed by atoms with Crippen LogP contribution >= 0.6 is 0 Å². The molecule has 2 N–H and O–H groups in total. The second-order valence-electron chi connectivity index (χ2n) is 4.35. The van der Waals surface area contributed by atoms with Crippen LogP contribution in [0.4, 0.5) is 0 Å². The quantitative estimate of drug-likeness (QED) is 0.796. The van der Waals surface area contributed by atoms with Crippen molar-refractivity contribution in [3.63, 3.8) is 0 Å². The molecule has 1 aliphatic rings. The van der Waals surface area contributed by atoms with Gasteiger partial charge in [0.05, 0.1) is 12.7 Å². The van der Waals surface area contributed by atoms with Crippen LogP contribution in [0.3, 0.4) is 0 Å². The SMILES string of the molecule is COc1cc(C)c(O)c(CC2(O)CC2)c1. The molecule has 0 saturated heterocycles. The molecule has 0 spiro atoms. The molecule has 0 bridgehead atoms. The Labute approximate surface area is 89.3 Å². The fraction of sp³-hybridized carbons (Fsp3) is 0.500. The Morgan fingerprint density at radius 3 is 2.60 bits per heavy atom. The van der Waals surface area contributed by atoms with Crippen molar-refractivity contribution in [3.8, 4) is 11.5 Å². The topological polar surface area (TPSA) is 49.7 Å². The summed E-state index contributed by atoms with van der Waals surface area (Å²) in [4.78, 5) is 0. The normalized spacial score (nSPS) is 17.5. The van der Waals surface area contributed by atoms with Gasteiger partial charge in [0, 0.05) is 12.0 Å². The van der Waals surface area contributed by atoms with Crippen LogP contribution < -0.4 is 4.74 Å². The van der Waals surface area contributed by atoms with Gasteiger partial charge < -0.3 is 14.9 Å². The van der Waals surface area contributed by atoms with E-state index in [1.54, 1.807) is 19.2 Å². The van der Waals surface area contributed by atoms with E-state index in [0.29, 0.717) is 6.42 Å². The van der Waals surface area contributed by atoms with Gasteiger partial charge in [-0.05, 0) is 37.5 Å². The maximum Gasteiger partial charge on any atom is 0.122 e. The zero-order valence-electron chi connectivity index (χ0n) is 9.08. The summed E-state index contributed by atoms with van der Waals surface area (Å²) in [5.41, 5.74) is 0.969. The molecule has 0 aromatic heterocycles. The molecule has 2 rings (SSSR count). The predicted molar refractivity (Wildman–Crippen MR) is 57.3 cm³/mol. The lowest BCUT2D eigenvalue weighted by Gasteiger charge is -2.13. The number of aliphatic hydroxyl groups is 1. The zero-order chi connectivity index (χ0) is 11.1. The molecule has 1 aromatic rings. The fourth-order valence-electron chi connectivity index (χ4n) is 1.74. The largest absolute Gasteiger partial charge is 0.507 e. The first-order valence-electron chi connectivity index (χ1n) is 5.13. The maximum atomic E-state index is 9.84. The molecule has 82 valence electrons. The molecule has 0 heterocycles. The molecule has 0 radical (unpaired) electrons. The molecule has 1 aromatic carbocycles. The second kappa shape index (κ2) is 3.42. The van der Waals surface area contributed by atoms with E-state index in [1.807, 2.05) is 6.92 Å². The van der Waals surface area contributed by atoms with E-state index < -0.39 is 5.60 Å². The molecule has 1 fully saturated rings. The van der Waals surface area contributed by atoms with E-state index in [4.69, 9.17) is 4.74 Å². The molecule has 0 aliphatic heterocycles. The van der Waals surface area contributed by atoms with Gasteiger partial charge in [0.2, 0.25) is 0 Å². The smallest absolute Gasteiger partial charge is 0.122 e. The summed E-state index contributed by atoms with van der Waals surface area (Å²) in [6.45, 7) is 1.83.